The van der Waals surface area contributed by atoms with Crippen LogP contribution in [0.2, 0.25) is 0 Å². The number of halogens is 2. The summed E-state index contributed by atoms with van der Waals surface area (Å²) >= 11 is 0. The summed E-state index contributed by atoms with van der Waals surface area (Å²) in [6.07, 6.45) is 7.34. The molecule has 4 rings (SSSR count). The number of carbonyl (C=O) groups excluding carboxylic acids is 1. The summed E-state index contributed by atoms with van der Waals surface area (Å²) in [6.45, 7) is 2.12. The number of hydrogen-bond donors (Lipinski definition) is 1. The van der Waals surface area contributed by atoms with Crippen molar-refractivity contribution in [2.45, 2.75) is 6.04 Å². The number of hydrogen-bond acceptors (Lipinski definition) is 4. The van der Waals surface area contributed by atoms with Gasteiger partial charge in [0.25, 0.3) is 5.91 Å². The van der Waals surface area contributed by atoms with Crippen molar-refractivity contribution in [3.8, 4) is 0 Å². The van der Waals surface area contributed by atoms with Gasteiger partial charge in [-0.2, -0.15) is 0 Å². The summed E-state index contributed by atoms with van der Waals surface area (Å²) < 4.78 is 3.83. The van der Waals surface area contributed by atoms with Crippen LogP contribution in [0.1, 0.15) is 22.4 Å². The fourth-order valence-electron chi connectivity index (χ4n) is 3.06. The maximum Gasteiger partial charge on any atom is 0.274 e. The number of piperazine rings is 1. The number of pyridine rings is 1. The summed E-state index contributed by atoms with van der Waals surface area (Å²) in [6, 6.07) is 5.65. The first kappa shape index (κ1) is 19.2. The number of amides is 1. The Hall–Kier alpha value is -2.09. The zero-order valence-corrected chi connectivity index (χ0v) is 15.3. The monoisotopic (exact) mass is 382 g/mol. The lowest BCUT2D eigenvalue weighted by Crippen LogP contribution is -2.49. The van der Waals surface area contributed by atoms with E-state index in [0.717, 1.165) is 18.0 Å². The van der Waals surface area contributed by atoms with Crippen LogP contribution in [0.4, 0.5) is 0 Å². The highest BCUT2D eigenvalue weighted by molar-refractivity contribution is 5.93. The van der Waals surface area contributed by atoms with Crippen molar-refractivity contribution in [3.05, 3.63) is 54.5 Å². The molecule has 7 nitrogen and oxygen atoms in total. The lowest BCUT2D eigenvalue weighted by atomic mass is 10.1. The summed E-state index contributed by atoms with van der Waals surface area (Å²) in [4.78, 5) is 23.7. The number of carbonyl (C=O) groups is 1. The van der Waals surface area contributed by atoms with Crippen molar-refractivity contribution in [1.82, 2.24) is 29.2 Å². The third kappa shape index (κ3) is 3.49. The fourth-order valence-corrected chi connectivity index (χ4v) is 3.06. The number of aromatic nitrogens is 4. The third-order valence-electron chi connectivity index (χ3n) is 4.24. The number of rotatable bonds is 2. The van der Waals surface area contributed by atoms with Crippen LogP contribution in [0.15, 0.2) is 43.0 Å². The molecule has 0 aliphatic carbocycles. The van der Waals surface area contributed by atoms with Gasteiger partial charge in [0.05, 0.1) is 0 Å². The molecule has 0 saturated carbocycles. The average molecular weight is 383 g/mol. The van der Waals surface area contributed by atoms with Crippen LogP contribution in [-0.4, -0.2) is 49.4 Å². The van der Waals surface area contributed by atoms with Crippen molar-refractivity contribution in [2.75, 3.05) is 19.6 Å². The maximum atomic E-state index is 13.0. The van der Waals surface area contributed by atoms with Gasteiger partial charge in [0.2, 0.25) is 0 Å². The standard InChI is InChI=1S/C16H18N6O.2ClH/c1-20-8-6-18-15(20)13-10-17-5-9-22(13)16(23)12-11-21-7-3-2-4-14(21)19-12;;/h2-4,6-8,11,13,17H,5,9-10H2,1H3;2*1H. The van der Waals surface area contributed by atoms with E-state index in [2.05, 4.69) is 15.3 Å². The molecule has 0 aromatic carbocycles. The molecular formula is C16H20Cl2N6O. The normalized spacial score (nSPS) is 17.0. The van der Waals surface area contributed by atoms with E-state index >= 15 is 0 Å². The van der Waals surface area contributed by atoms with E-state index in [9.17, 15) is 4.79 Å². The van der Waals surface area contributed by atoms with Gasteiger partial charge < -0.3 is 19.2 Å². The molecule has 1 fully saturated rings. The summed E-state index contributed by atoms with van der Waals surface area (Å²) in [5.74, 6) is 0.831. The van der Waals surface area contributed by atoms with Crippen LogP contribution < -0.4 is 5.32 Å². The molecule has 134 valence electrons. The Morgan fingerprint density at radius 1 is 1.28 bits per heavy atom. The van der Waals surface area contributed by atoms with Gasteiger partial charge in [-0.25, -0.2) is 9.97 Å². The van der Waals surface area contributed by atoms with Crippen molar-refractivity contribution >= 4 is 36.4 Å². The predicted octanol–water partition coefficient (Wildman–Crippen LogP) is 1.70. The second-order valence-electron chi connectivity index (χ2n) is 5.71. The van der Waals surface area contributed by atoms with Crippen LogP contribution in [-0.2, 0) is 7.05 Å². The van der Waals surface area contributed by atoms with Crippen molar-refractivity contribution < 1.29 is 4.79 Å². The molecule has 1 aliphatic rings. The minimum atomic E-state index is -0.0823. The predicted molar refractivity (Wildman–Crippen MR) is 99.5 cm³/mol. The molecular weight excluding hydrogens is 363 g/mol. The number of nitrogens with one attached hydrogen (secondary N) is 1. The zero-order valence-electron chi connectivity index (χ0n) is 13.7. The Bertz CT molecular complexity index is 828. The summed E-state index contributed by atoms with van der Waals surface area (Å²) in [5.41, 5.74) is 1.25. The lowest BCUT2D eigenvalue weighted by Gasteiger charge is -2.35. The quantitative estimate of drug-likeness (QED) is 0.732. The van der Waals surface area contributed by atoms with Gasteiger partial charge in [0.1, 0.15) is 23.2 Å². The SMILES string of the molecule is Cl.Cl.Cn1ccnc1C1CNCCN1C(=O)c1cn2ccccc2n1. The van der Waals surface area contributed by atoms with Gasteiger partial charge in [-0.3, -0.25) is 4.79 Å². The molecule has 3 aromatic rings. The Kier molecular flexibility index (Phi) is 6.05. The molecule has 25 heavy (non-hydrogen) atoms. The Morgan fingerprint density at radius 3 is 2.84 bits per heavy atom. The minimum absolute atomic E-state index is 0. The molecule has 3 aromatic heterocycles. The maximum absolute atomic E-state index is 13.0. The fraction of sp³-hybridized carbons (Fsp3) is 0.312. The highest BCUT2D eigenvalue weighted by atomic mass is 35.5. The summed E-state index contributed by atoms with van der Waals surface area (Å²) in [7, 11) is 1.95. The van der Waals surface area contributed by atoms with Gasteiger partial charge in [-0.15, -0.1) is 24.8 Å². The molecule has 1 aliphatic heterocycles. The molecule has 4 heterocycles. The van der Waals surface area contributed by atoms with Crippen LogP contribution in [0.5, 0.6) is 0 Å². The number of imidazole rings is 2. The zero-order chi connectivity index (χ0) is 15.8. The Labute approximate surface area is 157 Å². The van der Waals surface area contributed by atoms with E-state index in [4.69, 9.17) is 0 Å². The Morgan fingerprint density at radius 2 is 2.12 bits per heavy atom. The van der Waals surface area contributed by atoms with Crippen LogP contribution in [0.25, 0.3) is 5.65 Å². The van der Waals surface area contributed by atoms with Gasteiger partial charge in [-0.1, -0.05) is 6.07 Å². The highest BCUT2D eigenvalue weighted by Crippen LogP contribution is 2.22. The van der Waals surface area contributed by atoms with Crippen LogP contribution in [0.3, 0.4) is 0 Å². The van der Waals surface area contributed by atoms with Crippen molar-refractivity contribution in [1.29, 1.82) is 0 Å². The number of fused-ring (bicyclic) bond motifs is 1. The largest absolute Gasteiger partial charge is 0.336 e. The molecule has 1 atom stereocenters. The average Bonchev–Trinajstić information content (AvgIpc) is 3.20. The first-order chi connectivity index (χ1) is 11.2. The van der Waals surface area contributed by atoms with E-state index in [0.29, 0.717) is 18.8 Å². The van der Waals surface area contributed by atoms with Gasteiger partial charge in [-0.05, 0) is 12.1 Å². The van der Waals surface area contributed by atoms with Gasteiger partial charge in [0.15, 0.2) is 0 Å². The molecule has 0 spiro atoms. The first-order valence-corrected chi connectivity index (χ1v) is 7.66. The molecule has 1 saturated heterocycles. The number of aryl methyl sites for hydroxylation is 1. The Balaban J connectivity index is 0.00000113. The van der Waals surface area contributed by atoms with Crippen molar-refractivity contribution in [3.63, 3.8) is 0 Å². The second kappa shape index (κ2) is 7.86. The third-order valence-corrected chi connectivity index (χ3v) is 4.24. The molecule has 9 heteroatoms. The molecule has 1 N–H and O–H groups in total. The van der Waals surface area contributed by atoms with E-state index < -0.39 is 0 Å². The second-order valence-corrected chi connectivity index (χ2v) is 5.71. The van der Waals surface area contributed by atoms with Crippen molar-refractivity contribution in [2.24, 2.45) is 7.05 Å². The van der Waals surface area contributed by atoms with E-state index in [1.807, 2.05) is 51.5 Å². The smallest absolute Gasteiger partial charge is 0.274 e. The molecule has 1 amide bonds. The number of nitrogens with zero attached hydrogens (tertiary/aromatic N) is 5. The highest BCUT2D eigenvalue weighted by Gasteiger charge is 2.32. The molecule has 0 radical (unpaired) electrons. The summed E-state index contributed by atoms with van der Waals surface area (Å²) in [5, 5.41) is 3.34. The first-order valence-electron chi connectivity index (χ1n) is 7.66. The molecule has 0 bridgehead atoms. The van der Waals surface area contributed by atoms with E-state index in [1.54, 1.807) is 12.4 Å². The van der Waals surface area contributed by atoms with Crippen LogP contribution in [0, 0.1) is 0 Å². The topological polar surface area (TPSA) is 67.5 Å². The van der Waals surface area contributed by atoms with E-state index in [1.165, 1.54) is 0 Å². The molecule has 1 unspecified atom stereocenters. The van der Waals surface area contributed by atoms with E-state index in [-0.39, 0.29) is 36.8 Å². The minimum Gasteiger partial charge on any atom is -0.336 e. The van der Waals surface area contributed by atoms with Crippen LogP contribution >= 0.6 is 24.8 Å². The van der Waals surface area contributed by atoms with Gasteiger partial charge in [0, 0.05) is 51.5 Å². The van der Waals surface area contributed by atoms with Gasteiger partial charge >= 0.3 is 0 Å². The lowest BCUT2D eigenvalue weighted by molar-refractivity contribution is 0.0615.